The number of carbonyl (C=O) groups is 1. The Morgan fingerprint density at radius 2 is 1.78 bits per heavy atom. The molecule has 1 aliphatic rings. The van der Waals surface area contributed by atoms with Crippen molar-refractivity contribution in [2.24, 2.45) is 0 Å². The maximum atomic E-state index is 12.6. The SMILES string of the molecule is COc1ccc([C@@H](C)NC(=O)N2CCC(C#N)(c3ccccc3)CC2)cc1. The first-order chi connectivity index (χ1) is 13.1. The average molecular weight is 363 g/mol. The molecule has 5 nitrogen and oxygen atoms in total. The number of nitrogens with zero attached hydrogens (tertiary/aromatic N) is 2. The van der Waals surface area contributed by atoms with Gasteiger partial charge >= 0.3 is 6.03 Å². The van der Waals surface area contributed by atoms with Crippen LogP contribution in [0.5, 0.6) is 5.75 Å². The van der Waals surface area contributed by atoms with E-state index < -0.39 is 5.41 Å². The molecule has 1 N–H and O–H groups in total. The Bertz CT molecular complexity index is 804. The van der Waals surface area contributed by atoms with Gasteiger partial charge in [0, 0.05) is 13.1 Å². The van der Waals surface area contributed by atoms with Gasteiger partial charge in [0.2, 0.25) is 0 Å². The molecule has 3 rings (SSSR count). The predicted molar refractivity (Wildman–Crippen MR) is 104 cm³/mol. The van der Waals surface area contributed by atoms with E-state index in [1.807, 2.05) is 61.5 Å². The number of piperidine rings is 1. The van der Waals surface area contributed by atoms with Crippen LogP contribution in [-0.4, -0.2) is 31.1 Å². The van der Waals surface area contributed by atoms with Crippen LogP contribution in [0.4, 0.5) is 4.79 Å². The molecular formula is C22H25N3O2. The molecule has 1 heterocycles. The fourth-order valence-electron chi connectivity index (χ4n) is 3.57. The lowest BCUT2D eigenvalue weighted by atomic mass is 9.74. The highest BCUT2D eigenvalue weighted by Gasteiger charge is 2.37. The van der Waals surface area contributed by atoms with Crippen molar-refractivity contribution < 1.29 is 9.53 Å². The summed E-state index contributed by atoms with van der Waals surface area (Å²) in [6.07, 6.45) is 1.30. The van der Waals surface area contributed by atoms with E-state index >= 15 is 0 Å². The topological polar surface area (TPSA) is 65.4 Å². The quantitative estimate of drug-likeness (QED) is 0.892. The third kappa shape index (κ3) is 4.06. The van der Waals surface area contributed by atoms with Gasteiger partial charge in [0.05, 0.1) is 24.6 Å². The van der Waals surface area contributed by atoms with E-state index in [0.717, 1.165) is 16.9 Å². The molecule has 27 heavy (non-hydrogen) atoms. The number of ether oxygens (including phenoxy) is 1. The Morgan fingerprint density at radius 1 is 1.15 bits per heavy atom. The smallest absolute Gasteiger partial charge is 0.317 e. The third-order valence-electron chi connectivity index (χ3n) is 5.40. The van der Waals surface area contributed by atoms with Crippen LogP contribution < -0.4 is 10.1 Å². The second-order valence-corrected chi connectivity index (χ2v) is 6.99. The summed E-state index contributed by atoms with van der Waals surface area (Å²) in [4.78, 5) is 14.5. The molecule has 0 aliphatic carbocycles. The normalized spacial score (nSPS) is 16.9. The van der Waals surface area contributed by atoms with Gasteiger partial charge in [0.1, 0.15) is 5.75 Å². The van der Waals surface area contributed by atoms with Crippen LogP contribution in [0, 0.1) is 11.3 Å². The zero-order valence-corrected chi connectivity index (χ0v) is 15.8. The maximum absolute atomic E-state index is 12.6. The third-order valence-corrected chi connectivity index (χ3v) is 5.40. The summed E-state index contributed by atoms with van der Waals surface area (Å²) in [5, 5.41) is 12.8. The lowest BCUT2D eigenvalue weighted by Gasteiger charge is -2.38. The largest absolute Gasteiger partial charge is 0.497 e. The molecule has 1 saturated heterocycles. The van der Waals surface area contributed by atoms with Gasteiger partial charge in [-0.15, -0.1) is 0 Å². The number of rotatable bonds is 4. The fraction of sp³-hybridized carbons (Fsp3) is 0.364. The van der Waals surface area contributed by atoms with Gasteiger partial charge in [-0.2, -0.15) is 5.26 Å². The molecule has 1 atom stereocenters. The fourth-order valence-corrected chi connectivity index (χ4v) is 3.57. The molecule has 2 aromatic carbocycles. The summed E-state index contributed by atoms with van der Waals surface area (Å²) in [7, 11) is 1.63. The summed E-state index contributed by atoms with van der Waals surface area (Å²) in [6.45, 7) is 3.11. The van der Waals surface area contributed by atoms with E-state index in [2.05, 4.69) is 11.4 Å². The lowest BCUT2D eigenvalue weighted by molar-refractivity contribution is 0.168. The van der Waals surface area contributed by atoms with Crippen molar-refractivity contribution in [3.63, 3.8) is 0 Å². The minimum Gasteiger partial charge on any atom is -0.497 e. The summed E-state index contributed by atoms with van der Waals surface area (Å²) in [5.41, 5.74) is 1.57. The molecule has 0 spiro atoms. The lowest BCUT2D eigenvalue weighted by Crippen LogP contribution is -2.48. The highest BCUT2D eigenvalue weighted by atomic mass is 16.5. The van der Waals surface area contributed by atoms with Gasteiger partial charge in [-0.05, 0) is 43.0 Å². The molecule has 5 heteroatoms. The van der Waals surface area contributed by atoms with E-state index in [1.165, 1.54) is 0 Å². The number of methoxy groups -OCH3 is 1. The number of nitriles is 1. The van der Waals surface area contributed by atoms with Crippen LogP contribution in [0.3, 0.4) is 0 Å². The van der Waals surface area contributed by atoms with Crippen LogP contribution >= 0.6 is 0 Å². The van der Waals surface area contributed by atoms with E-state index in [4.69, 9.17) is 4.74 Å². The number of hydrogen-bond acceptors (Lipinski definition) is 3. The minimum atomic E-state index is -0.500. The van der Waals surface area contributed by atoms with Crippen molar-refractivity contribution >= 4 is 6.03 Å². The number of likely N-dealkylation sites (tertiary alicyclic amines) is 1. The number of carbonyl (C=O) groups excluding carboxylic acids is 1. The first kappa shape index (κ1) is 18.8. The van der Waals surface area contributed by atoms with Gasteiger partial charge in [0.25, 0.3) is 0 Å². The number of hydrogen-bond donors (Lipinski definition) is 1. The Balaban J connectivity index is 1.60. The maximum Gasteiger partial charge on any atom is 0.317 e. The molecule has 0 saturated carbocycles. The van der Waals surface area contributed by atoms with Crippen LogP contribution in [0.15, 0.2) is 54.6 Å². The summed E-state index contributed by atoms with van der Waals surface area (Å²) < 4.78 is 5.17. The van der Waals surface area contributed by atoms with Crippen molar-refractivity contribution in [3.05, 3.63) is 65.7 Å². The molecular weight excluding hydrogens is 338 g/mol. The molecule has 1 aliphatic heterocycles. The van der Waals surface area contributed by atoms with Gasteiger partial charge < -0.3 is 15.0 Å². The standard InChI is InChI=1S/C22H25N3O2/c1-17(18-8-10-20(27-2)11-9-18)24-21(26)25-14-12-22(16-23,13-15-25)19-6-4-3-5-7-19/h3-11,17H,12-15H2,1-2H3,(H,24,26)/t17-/m1/s1. The first-order valence-electron chi connectivity index (χ1n) is 9.24. The summed E-state index contributed by atoms with van der Waals surface area (Å²) in [6, 6.07) is 19.9. The first-order valence-corrected chi connectivity index (χ1v) is 9.24. The Kier molecular flexibility index (Phi) is 5.66. The Labute approximate surface area is 160 Å². The zero-order valence-electron chi connectivity index (χ0n) is 15.8. The summed E-state index contributed by atoms with van der Waals surface area (Å²) in [5.74, 6) is 0.794. The molecule has 0 unspecified atom stereocenters. The second-order valence-electron chi connectivity index (χ2n) is 6.99. The van der Waals surface area contributed by atoms with Crippen molar-refractivity contribution in [2.45, 2.75) is 31.2 Å². The Hall–Kier alpha value is -3.00. The van der Waals surface area contributed by atoms with E-state index in [-0.39, 0.29) is 12.1 Å². The average Bonchev–Trinajstić information content (AvgIpc) is 2.74. The van der Waals surface area contributed by atoms with Crippen LogP contribution in [0.25, 0.3) is 0 Å². The molecule has 140 valence electrons. The van der Waals surface area contributed by atoms with Gasteiger partial charge in [-0.3, -0.25) is 0 Å². The highest BCUT2D eigenvalue weighted by molar-refractivity contribution is 5.75. The number of benzene rings is 2. The molecule has 0 bridgehead atoms. The van der Waals surface area contributed by atoms with Crippen LogP contribution in [0.2, 0.25) is 0 Å². The number of amides is 2. The van der Waals surface area contributed by atoms with Gasteiger partial charge in [-0.25, -0.2) is 4.79 Å². The zero-order chi connectivity index (χ0) is 19.3. The van der Waals surface area contributed by atoms with Crippen LogP contribution in [-0.2, 0) is 5.41 Å². The molecule has 0 radical (unpaired) electrons. The predicted octanol–water partition coefficient (Wildman–Crippen LogP) is 4.02. The Morgan fingerprint density at radius 3 is 2.33 bits per heavy atom. The monoisotopic (exact) mass is 363 g/mol. The molecule has 2 amide bonds. The van der Waals surface area contributed by atoms with E-state index in [9.17, 15) is 10.1 Å². The van der Waals surface area contributed by atoms with Gasteiger partial charge in [-0.1, -0.05) is 42.5 Å². The van der Waals surface area contributed by atoms with Crippen molar-refractivity contribution in [2.75, 3.05) is 20.2 Å². The van der Waals surface area contributed by atoms with Crippen molar-refractivity contribution in [1.82, 2.24) is 10.2 Å². The minimum absolute atomic E-state index is 0.0853. The summed E-state index contributed by atoms with van der Waals surface area (Å²) >= 11 is 0. The van der Waals surface area contributed by atoms with Crippen LogP contribution in [0.1, 0.15) is 36.9 Å². The number of urea groups is 1. The molecule has 2 aromatic rings. The van der Waals surface area contributed by atoms with Crippen molar-refractivity contribution in [1.29, 1.82) is 5.26 Å². The van der Waals surface area contributed by atoms with Gasteiger partial charge in [0.15, 0.2) is 0 Å². The van der Waals surface area contributed by atoms with Crippen molar-refractivity contribution in [3.8, 4) is 11.8 Å². The molecule has 1 fully saturated rings. The molecule has 0 aromatic heterocycles. The number of nitrogens with one attached hydrogen (secondary N) is 1. The van der Waals surface area contributed by atoms with E-state index in [1.54, 1.807) is 12.0 Å². The second kappa shape index (κ2) is 8.13. The highest BCUT2D eigenvalue weighted by Crippen LogP contribution is 2.35. The van der Waals surface area contributed by atoms with E-state index in [0.29, 0.717) is 25.9 Å².